The highest BCUT2D eigenvalue weighted by atomic mass is 16.7. The van der Waals surface area contributed by atoms with Gasteiger partial charge in [0.15, 0.2) is 0 Å². The van der Waals surface area contributed by atoms with E-state index in [2.05, 4.69) is 41.5 Å². The fraction of sp³-hybridized carbons (Fsp3) is 1.00. The highest BCUT2D eigenvalue weighted by Gasteiger charge is 2.66. The molecule has 226 valence electrons. The topological polar surface area (TPSA) is 99.4 Å². The molecule has 1 heterocycles. The molecular formula is C33H58O6. The largest absolute Gasteiger partial charge is 0.394 e. The molecule has 0 unspecified atom stereocenters. The van der Waals surface area contributed by atoms with E-state index in [1.54, 1.807) is 0 Å². The van der Waals surface area contributed by atoms with E-state index in [4.69, 9.17) is 9.47 Å². The van der Waals surface area contributed by atoms with Crippen LogP contribution < -0.4 is 0 Å². The maximum absolute atomic E-state index is 10.8. The van der Waals surface area contributed by atoms with Crippen molar-refractivity contribution in [3.8, 4) is 0 Å². The molecule has 5 rings (SSSR count). The van der Waals surface area contributed by atoms with E-state index >= 15 is 0 Å². The Balaban J connectivity index is 1.30. The van der Waals surface area contributed by atoms with Crippen molar-refractivity contribution in [2.45, 2.75) is 142 Å². The van der Waals surface area contributed by atoms with Crippen LogP contribution >= 0.6 is 0 Å². The van der Waals surface area contributed by atoms with Crippen LogP contribution in [0, 0.1) is 52.3 Å². The SMILES string of the molecule is CC(C)CCC[C@@H](C)[C@H]1CC[C@H]2[C@@H]3CC[C@H]4C[C@@](C)(O[C@]5(CO)O[C@H](CO)[C@@H](O)[C@@H]5O)C[C@]4(C)[C@H]3CC[C@]12C. The normalized spacial score (nSPS) is 52.1. The van der Waals surface area contributed by atoms with Gasteiger partial charge in [-0.15, -0.1) is 0 Å². The Kier molecular flexibility index (Phi) is 8.36. The van der Waals surface area contributed by atoms with Gasteiger partial charge in [-0.1, -0.05) is 53.9 Å². The van der Waals surface area contributed by atoms with Crippen molar-refractivity contribution < 1.29 is 29.9 Å². The summed E-state index contributed by atoms with van der Waals surface area (Å²) in [6.07, 6.45) is 10.2. The van der Waals surface area contributed by atoms with Gasteiger partial charge in [0.2, 0.25) is 5.79 Å². The highest BCUT2D eigenvalue weighted by molar-refractivity contribution is 5.13. The first-order valence-corrected chi connectivity index (χ1v) is 16.3. The summed E-state index contributed by atoms with van der Waals surface area (Å²) in [5.74, 6) is 3.61. The van der Waals surface area contributed by atoms with Crippen LogP contribution in [-0.4, -0.2) is 63.3 Å². The monoisotopic (exact) mass is 550 g/mol. The lowest BCUT2D eigenvalue weighted by Gasteiger charge is -2.58. The standard InChI is InChI=1S/C33H58O6/c1-20(2)8-7-9-21(3)24-12-13-25-23-11-10-22-16-30(4,18-32(22,6)26(23)14-15-31(24,25)5)39-33(19-35)29(37)28(36)27(17-34)38-33/h20-29,34-37H,7-19H2,1-6H3/t21-,22+,23+,24-,25+,26+,27-,28-,29+,30-,31-,32+,33+/m1/s1. The fourth-order valence-corrected chi connectivity index (χ4v) is 11.3. The lowest BCUT2D eigenvalue weighted by Crippen LogP contribution is -2.54. The number of hydrogen-bond donors (Lipinski definition) is 4. The van der Waals surface area contributed by atoms with Gasteiger partial charge < -0.3 is 29.9 Å². The van der Waals surface area contributed by atoms with Gasteiger partial charge in [-0.3, -0.25) is 0 Å². The summed E-state index contributed by atoms with van der Waals surface area (Å²) < 4.78 is 12.4. The van der Waals surface area contributed by atoms with Crippen molar-refractivity contribution in [3.05, 3.63) is 0 Å². The van der Waals surface area contributed by atoms with Gasteiger partial charge in [0.05, 0.1) is 12.2 Å². The minimum Gasteiger partial charge on any atom is -0.394 e. The third kappa shape index (κ3) is 4.95. The Labute approximate surface area is 237 Å². The van der Waals surface area contributed by atoms with Gasteiger partial charge in [-0.05, 0) is 111 Å². The second-order valence-electron chi connectivity index (χ2n) is 15.9. The molecule has 0 aromatic heterocycles. The van der Waals surface area contributed by atoms with Crippen molar-refractivity contribution >= 4 is 0 Å². The van der Waals surface area contributed by atoms with Gasteiger partial charge in [0.1, 0.15) is 24.9 Å². The van der Waals surface area contributed by atoms with Crippen LogP contribution in [-0.2, 0) is 9.47 Å². The summed E-state index contributed by atoms with van der Waals surface area (Å²) in [5, 5.41) is 41.1. The number of aliphatic hydroxyl groups is 4. The Morgan fingerprint density at radius 3 is 2.26 bits per heavy atom. The zero-order valence-electron chi connectivity index (χ0n) is 25.6. The smallest absolute Gasteiger partial charge is 0.222 e. The number of hydrogen-bond acceptors (Lipinski definition) is 6. The summed E-state index contributed by atoms with van der Waals surface area (Å²) >= 11 is 0. The lowest BCUT2D eigenvalue weighted by molar-refractivity contribution is -0.317. The quantitative estimate of drug-likeness (QED) is 0.311. The Bertz CT molecular complexity index is 865. The predicted molar refractivity (Wildman–Crippen MR) is 152 cm³/mol. The second kappa shape index (κ2) is 10.8. The molecule has 4 aliphatic carbocycles. The molecule has 1 aliphatic heterocycles. The first-order chi connectivity index (χ1) is 18.3. The Morgan fingerprint density at radius 1 is 0.897 bits per heavy atom. The van der Waals surface area contributed by atoms with Crippen LogP contribution in [0.3, 0.4) is 0 Å². The van der Waals surface area contributed by atoms with Gasteiger partial charge in [0.25, 0.3) is 0 Å². The molecule has 0 aromatic carbocycles. The summed E-state index contributed by atoms with van der Waals surface area (Å²) in [4.78, 5) is 0. The molecule has 6 nitrogen and oxygen atoms in total. The van der Waals surface area contributed by atoms with Crippen molar-refractivity contribution in [1.82, 2.24) is 0 Å². The number of aliphatic hydroxyl groups excluding tert-OH is 4. The van der Waals surface area contributed by atoms with Crippen molar-refractivity contribution in [2.24, 2.45) is 52.3 Å². The predicted octanol–water partition coefficient (Wildman–Crippen LogP) is 5.29. The van der Waals surface area contributed by atoms with Crippen LogP contribution in [0.4, 0.5) is 0 Å². The van der Waals surface area contributed by atoms with E-state index < -0.39 is 42.9 Å². The minimum absolute atomic E-state index is 0.162. The van der Waals surface area contributed by atoms with Crippen molar-refractivity contribution in [2.75, 3.05) is 13.2 Å². The molecular weight excluding hydrogens is 492 g/mol. The van der Waals surface area contributed by atoms with E-state index in [0.29, 0.717) is 17.3 Å². The molecule has 0 aromatic rings. The first-order valence-electron chi connectivity index (χ1n) is 16.3. The van der Waals surface area contributed by atoms with Crippen molar-refractivity contribution in [3.63, 3.8) is 0 Å². The zero-order valence-corrected chi connectivity index (χ0v) is 25.6. The van der Waals surface area contributed by atoms with E-state index in [1.807, 2.05) is 0 Å². The Hall–Kier alpha value is -0.240. The number of ether oxygens (including phenoxy) is 2. The lowest BCUT2D eigenvalue weighted by atomic mass is 9.47. The molecule has 13 atom stereocenters. The van der Waals surface area contributed by atoms with Crippen LogP contribution in [0.25, 0.3) is 0 Å². The van der Waals surface area contributed by atoms with E-state index in [9.17, 15) is 20.4 Å². The average Bonchev–Trinajstić information content (AvgIpc) is 3.45. The number of rotatable bonds is 9. The van der Waals surface area contributed by atoms with E-state index in [-0.39, 0.29) is 5.41 Å². The van der Waals surface area contributed by atoms with Crippen LogP contribution in [0.2, 0.25) is 0 Å². The molecule has 1 saturated heterocycles. The maximum atomic E-state index is 10.8. The van der Waals surface area contributed by atoms with Gasteiger partial charge in [-0.2, -0.15) is 0 Å². The number of fused-ring (bicyclic) bond motifs is 5. The molecule has 0 amide bonds. The summed E-state index contributed by atoms with van der Waals surface area (Å²) in [5.41, 5.74) is 0.0688. The van der Waals surface area contributed by atoms with E-state index in [0.717, 1.165) is 42.4 Å². The molecule has 4 N–H and O–H groups in total. The van der Waals surface area contributed by atoms with Crippen molar-refractivity contribution in [1.29, 1.82) is 0 Å². The van der Waals surface area contributed by atoms with Gasteiger partial charge >= 0.3 is 0 Å². The van der Waals surface area contributed by atoms with E-state index in [1.165, 1.54) is 57.8 Å². The molecule has 6 heteroatoms. The third-order valence-corrected chi connectivity index (χ3v) is 13.0. The summed E-state index contributed by atoms with van der Waals surface area (Å²) in [6.45, 7) is 13.5. The second-order valence-corrected chi connectivity index (χ2v) is 15.9. The molecule has 4 saturated carbocycles. The minimum atomic E-state index is -1.69. The van der Waals surface area contributed by atoms with Gasteiger partial charge in [0, 0.05) is 0 Å². The third-order valence-electron chi connectivity index (χ3n) is 13.0. The molecule has 0 radical (unpaired) electrons. The molecule has 5 fully saturated rings. The average molecular weight is 551 g/mol. The Morgan fingerprint density at radius 2 is 1.62 bits per heavy atom. The summed E-state index contributed by atoms with van der Waals surface area (Å²) in [7, 11) is 0. The van der Waals surface area contributed by atoms with Crippen LogP contribution in [0.15, 0.2) is 0 Å². The molecule has 39 heavy (non-hydrogen) atoms. The van der Waals surface area contributed by atoms with Crippen LogP contribution in [0.5, 0.6) is 0 Å². The fourth-order valence-electron chi connectivity index (χ4n) is 11.3. The molecule has 0 spiro atoms. The highest BCUT2D eigenvalue weighted by Crippen LogP contribution is 2.70. The molecule has 0 bridgehead atoms. The first kappa shape index (κ1) is 30.2. The zero-order chi connectivity index (χ0) is 28.4. The van der Waals surface area contributed by atoms with Gasteiger partial charge in [-0.25, -0.2) is 0 Å². The summed E-state index contributed by atoms with van der Waals surface area (Å²) in [6, 6.07) is 0. The van der Waals surface area contributed by atoms with Crippen LogP contribution in [0.1, 0.15) is 112 Å². The molecule has 5 aliphatic rings. The maximum Gasteiger partial charge on any atom is 0.222 e.